The molecule has 1 amide bonds. The molecule has 25 heavy (non-hydrogen) atoms. The van der Waals surface area contributed by atoms with Gasteiger partial charge >= 0.3 is 0 Å². The van der Waals surface area contributed by atoms with Crippen LogP contribution in [0.3, 0.4) is 0 Å². The van der Waals surface area contributed by atoms with Crippen LogP contribution in [0.25, 0.3) is 0 Å². The van der Waals surface area contributed by atoms with Crippen LogP contribution in [0.2, 0.25) is 5.02 Å². The van der Waals surface area contributed by atoms with Crippen LogP contribution in [0.15, 0.2) is 36.4 Å². The van der Waals surface area contributed by atoms with Crippen LogP contribution in [-0.2, 0) is 15.8 Å². The lowest BCUT2D eigenvalue weighted by Gasteiger charge is -2.12. The lowest BCUT2D eigenvalue weighted by Crippen LogP contribution is -2.31. The minimum absolute atomic E-state index is 0.00895. The number of amides is 1. The van der Waals surface area contributed by atoms with Gasteiger partial charge in [0.1, 0.15) is 5.82 Å². The average molecular weight is 388 g/mol. The fraction of sp³-hybridized carbons (Fsp3) is 0.188. The molecule has 0 aliphatic rings. The van der Waals surface area contributed by atoms with Gasteiger partial charge in [-0.15, -0.1) is 0 Å². The van der Waals surface area contributed by atoms with Crippen LogP contribution in [0.1, 0.15) is 15.9 Å². The molecule has 0 heterocycles. The molecular formula is C16H15ClFNO5S. The predicted molar refractivity (Wildman–Crippen MR) is 91.0 cm³/mol. The summed E-state index contributed by atoms with van der Waals surface area (Å²) in [6, 6.07) is 7.51. The second-order valence-corrected chi connectivity index (χ2v) is 7.14. The highest BCUT2D eigenvalue weighted by Crippen LogP contribution is 2.36. The van der Waals surface area contributed by atoms with Gasteiger partial charge in [0.2, 0.25) is 10.0 Å². The van der Waals surface area contributed by atoms with E-state index in [9.17, 15) is 17.6 Å². The van der Waals surface area contributed by atoms with E-state index in [-0.39, 0.29) is 22.1 Å². The first-order valence-electron chi connectivity index (χ1n) is 6.96. The van der Waals surface area contributed by atoms with Crippen molar-refractivity contribution in [3.63, 3.8) is 0 Å². The van der Waals surface area contributed by atoms with Gasteiger partial charge in [-0.1, -0.05) is 23.7 Å². The number of carbonyl (C=O) groups is 1. The van der Waals surface area contributed by atoms with Crippen molar-refractivity contribution in [1.82, 2.24) is 4.72 Å². The first kappa shape index (κ1) is 19.0. The predicted octanol–water partition coefficient (Wildman–Crippen LogP) is 2.76. The molecule has 0 spiro atoms. The zero-order chi connectivity index (χ0) is 18.6. The maximum atomic E-state index is 12.9. The standard InChI is InChI=1S/C16H15ClFNO5S/c1-23-14-8-11(7-13(17)15(14)24-2)16(20)19-25(21,22)9-10-3-5-12(18)6-4-10/h3-8H,9H2,1-2H3,(H,19,20). The Balaban J connectivity index is 2.20. The number of rotatable bonds is 6. The second-order valence-electron chi connectivity index (χ2n) is 5.01. The highest BCUT2D eigenvalue weighted by Gasteiger charge is 2.20. The number of nitrogens with one attached hydrogen (secondary N) is 1. The molecule has 134 valence electrons. The largest absolute Gasteiger partial charge is 0.493 e. The van der Waals surface area contributed by atoms with E-state index in [1.807, 2.05) is 4.72 Å². The molecule has 0 aromatic heterocycles. The number of hydrogen-bond acceptors (Lipinski definition) is 5. The molecule has 0 aliphatic heterocycles. The lowest BCUT2D eigenvalue weighted by molar-refractivity contribution is 0.0981. The smallest absolute Gasteiger partial charge is 0.264 e. The van der Waals surface area contributed by atoms with Gasteiger partial charge in [-0.3, -0.25) is 4.79 Å². The van der Waals surface area contributed by atoms with Crippen molar-refractivity contribution >= 4 is 27.5 Å². The van der Waals surface area contributed by atoms with Crippen LogP contribution >= 0.6 is 11.6 Å². The van der Waals surface area contributed by atoms with Crippen molar-refractivity contribution in [2.24, 2.45) is 0 Å². The molecule has 2 aromatic rings. The van der Waals surface area contributed by atoms with E-state index in [2.05, 4.69) is 0 Å². The first-order chi connectivity index (χ1) is 11.8. The topological polar surface area (TPSA) is 81.7 Å². The summed E-state index contributed by atoms with van der Waals surface area (Å²) in [6.07, 6.45) is 0. The summed E-state index contributed by atoms with van der Waals surface area (Å²) in [5, 5.41) is 0.0999. The highest BCUT2D eigenvalue weighted by molar-refractivity contribution is 7.89. The molecule has 2 rings (SSSR count). The van der Waals surface area contributed by atoms with Crippen LogP contribution in [0.4, 0.5) is 4.39 Å². The van der Waals surface area contributed by atoms with Crippen molar-refractivity contribution in [3.05, 3.63) is 58.4 Å². The number of hydrogen-bond donors (Lipinski definition) is 1. The van der Waals surface area contributed by atoms with Gasteiger partial charge in [0.15, 0.2) is 11.5 Å². The molecule has 9 heteroatoms. The second kappa shape index (κ2) is 7.71. The summed E-state index contributed by atoms with van der Waals surface area (Å²) in [7, 11) is -1.23. The molecule has 0 fully saturated rings. The Hall–Kier alpha value is -2.32. The molecule has 0 aliphatic carbocycles. The van der Waals surface area contributed by atoms with Crippen LogP contribution in [-0.4, -0.2) is 28.5 Å². The Morgan fingerprint density at radius 2 is 1.80 bits per heavy atom. The van der Waals surface area contributed by atoms with Crippen LogP contribution in [0, 0.1) is 5.82 Å². The third-order valence-electron chi connectivity index (χ3n) is 3.21. The Morgan fingerprint density at radius 1 is 1.16 bits per heavy atom. The molecule has 6 nitrogen and oxygen atoms in total. The van der Waals surface area contributed by atoms with Crippen molar-refractivity contribution < 1.29 is 27.1 Å². The molecule has 0 unspecified atom stereocenters. The van der Waals surface area contributed by atoms with E-state index in [0.29, 0.717) is 5.56 Å². The zero-order valence-corrected chi connectivity index (χ0v) is 14.9. The molecular weight excluding hydrogens is 373 g/mol. The van der Waals surface area contributed by atoms with E-state index in [0.717, 1.165) is 12.1 Å². The fourth-order valence-corrected chi connectivity index (χ4v) is 3.48. The Kier molecular flexibility index (Phi) is 5.86. The van der Waals surface area contributed by atoms with Crippen LogP contribution < -0.4 is 14.2 Å². The molecule has 0 bridgehead atoms. The normalized spacial score (nSPS) is 11.0. The molecule has 0 saturated heterocycles. The van der Waals surface area contributed by atoms with Gasteiger partial charge in [0, 0.05) is 5.56 Å². The lowest BCUT2D eigenvalue weighted by atomic mass is 10.2. The summed E-state index contributed by atoms with van der Waals surface area (Å²) in [5.74, 6) is -1.40. The Labute approximate surface area is 149 Å². The molecule has 0 radical (unpaired) electrons. The van der Waals surface area contributed by atoms with E-state index >= 15 is 0 Å². The number of benzene rings is 2. The zero-order valence-electron chi connectivity index (χ0n) is 13.4. The fourth-order valence-electron chi connectivity index (χ4n) is 2.09. The van der Waals surface area contributed by atoms with Gasteiger partial charge < -0.3 is 9.47 Å². The van der Waals surface area contributed by atoms with Gasteiger partial charge in [-0.2, -0.15) is 0 Å². The third kappa shape index (κ3) is 4.83. The minimum atomic E-state index is -3.98. The summed E-state index contributed by atoms with van der Waals surface area (Å²) < 4.78 is 49.2. The summed E-state index contributed by atoms with van der Waals surface area (Å²) in [6.45, 7) is 0. The van der Waals surface area contributed by atoms with E-state index in [1.54, 1.807) is 0 Å². The maximum Gasteiger partial charge on any atom is 0.264 e. The highest BCUT2D eigenvalue weighted by atomic mass is 35.5. The minimum Gasteiger partial charge on any atom is -0.493 e. The van der Waals surface area contributed by atoms with Gasteiger partial charge in [0.25, 0.3) is 5.91 Å². The van der Waals surface area contributed by atoms with Crippen molar-refractivity contribution in [3.8, 4) is 11.5 Å². The third-order valence-corrected chi connectivity index (χ3v) is 4.70. The summed E-state index contributed by atoms with van der Waals surface area (Å²) in [5.41, 5.74) is 0.331. The van der Waals surface area contributed by atoms with E-state index < -0.39 is 27.5 Å². The molecule has 0 saturated carbocycles. The molecule has 2 aromatic carbocycles. The maximum absolute atomic E-state index is 12.9. The molecule has 1 N–H and O–H groups in total. The Morgan fingerprint density at radius 3 is 2.36 bits per heavy atom. The summed E-state index contributed by atoms with van der Waals surface area (Å²) in [4.78, 5) is 12.2. The number of methoxy groups -OCH3 is 2. The van der Waals surface area contributed by atoms with E-state index in [1.165, 1.54) is 38.5 Å². The quantitative estimate of drug-likeness (QED) is 0.824. The first-order valence-corrected chi connectivity index (χ1v) is 8.99. The SMILES string of the molecule is COc1cc(C(=O)NS(=O)(=O)Cc2ccc(F)cc2)cc(Cl)c1OC. The van der Waals surface area contributed by atoms with Gasteiger partial charge in [-0.05, 0) is 29.8 Å². The molecule has 0 atom stereocenters. The number of ether oxygens (including phenoxy) is 2. The van der Waals surface area contributed by atoms with Crippen LogP contribution in [0.5, 0.6) is 11.5 Å². The number of sulfonamides is 1. The Bertz CT molecular complexity index is 884. The monoisotopic (exact) mass is 387 g/mol. The van der Waals surface area contributed by atoms with Gasteiger partial charge in [-0.25, -0.2) is 17.5 Å². The number of carbonyl (C=O) groups excluding carboxylic acids is 1. The van der Waals surface area contributed by atoms with Crippen molar-refractivity contribution in [2.75, 3.05) is 14.2 Å². The number of halogens is 2. The van der Waals surface area contributed by atoms with Crippen molar-refractivity contribution in [2.45, 2.75) is 5.75 Å². The average Bonchev–Trinajstić information content (AvgIpc) is 2.55. The van der Waals surface area contributed by atoms with E-state index in [4.69, 9.17) is 21.1 Å². The van der Waals surface area contributed by atoms with Gasteiger partial charge in [0.05, 0.1) is 25.0 Å². The summed E-state index contributed by atoms with van der Waals surface area (Å²) >= 11 is 6.00. The van der Waals surface area contributed by atoms with Crippen molar-refractivity contribution in [1.29, 1.82) is 0 Å².